The van der Waals surface area contributed by atoms with Gasteiger partial charge in [-0.15, -0.1) is 11.3 Å². The Kier molecular flexibility index (Phi) is 4.95. The molecule has 2 heterocycles. The van der Waals surface area contributed by atoms with Crippen LogP contribution in [0.25, 0.3) is 10.6 Å². The molecule has 0 aromatic carbocycles. The Morgan fingerprint density at radius 1 is 1.09 bits per heavy atom. The van der Waals surface area contributed by atoms with Gasteiger partial charge in [-0.25, -0.2) is 13.1 Å². The lowest BCUT2D eigenvalue weighted by Gasteiger charge is -2.20. The number of hydrogen-bond acceptors (Lipinski definition) is 5. The van der Waals surface area contributed by atoms with Crippen LogP contribution >= 0.6 is 11.3 Å². The molecule has 0 saturated heterocycles. The van der Waals surface area contributed by atoms with Crippen LogP contribution in [0, 0.1) is 0 Å². The van der Waals surface area contributed by atoms with Crippen LogP contribution < -0.4 is 4.72 Å². The molecule has 0 radical (unpaired) electrons. The lowest BCUT2D eigenvalue weighted by atomic mass is 9.97. The molecule has 0 bridgehead atoms. The Bertz CT molecular complexity index is 684. The van der Waals surface area contributed by atoms with Crippen LogP contribution in [0.15, 0.2) is 33.1 Å². The van der Waals surface area contributed by atoms with Gasteiger partial charge in [0, 0.05) is 12.1 Å². The van der Waals surface area contributed by atoms with E-state index < -0.39 is 10.0 Å². The first-order valence-electron chi connectivity index (χ1n) is 7.68. The highest BCUT2D eigenvalue weighted by Gasteiger charge is 2.23. The van der Waals surface area contributed by atoms with Crippen molar-refractivity contribution in [1.29, 1.82) is 0 Å². The van der Waals surface area contributed by atoms with E-state index in [4.69, 9.17) is 4.52 Å². The Morgan fingerprint density at radius 3 is 2.50 bits per heavy atom. The molecule has 0 unspecified atom stereocenters. The molecule has 1 aliphatic rings. The molecule has 0 atom stereocenters. The SMILES string of the molecule is O=S(=O)(NC1CCCCCCC1)c1ccc(-c2ccno2)s1. The van der Waals surface area contributed by atoms with Gasteiger partial charge in [0.2, 0.25) is 10.0 Å². The van der Waals surface area contributed by atoms with Crippen molar-refractivity contribution in [2.45, 2.75) is 55.2 Å². The second-order valence-electron chi connectivity index (χ2n) is 5.66. The molecule has 120 valence electrons. The summed E-state index contributed by atoms with van der Waals surface area (Å²) in [6.45, 7) is 0. The zero-order chi connectivity index (χ0) is 15.4. The zero-order valence-electron chi connectivity index (χ0n) is 12.3. The Labute approximate surface area is 134 Å². The highest BCUT2D eigenvalue weighted by molar-refractivity contribution is 7.91. The summed E-state index contributed by atoms with van der Waals surface area (Å²) in [6, 6.07) is 5.18. The smallest absolute Gasteiger partial charge is 0.250 e. The van der Waals surface area contributed by atoms with Crippen molar-refractivity contribution >= 4 is 21.4 Å². The Morgan fingerprint density at radius 2 is 1.82 bits per heavy atom. The van der Waals surface area contributed by atoms with Crippen molar-refractivity contribution in [2.24, 2.45) is 0 Å². The second kappa shape index (κ2) is 6.93. The van der Waals surface area contributed by atoms with Gasteiger partial charge < -0.3 is 4.52 Å². The minimum atomic E-state index is -3.45. The Hall–Kier alpha value is -1.18. The van der Waals surface area contributed by atoms with Gasteiger partial charge in [0.25, 0.3) is 0 Å². The molecule has 5 nitrogen and oxygen atoms in total. The van der Waals surface area contributed by atoms with Crippen molar-refractivity contribution in [2.75, 3.05) is 0 Å². The van der Waals surface area contributed by atoms with E-state index in [1.165, 1.54) is 30.6 Å². The topological polar surface area (TPSA) is 72.2 Å². The fourth-order valence-electron chi connectivity index (χ4n) is 2.79. The number of sulfonamides is 1. The molecule has 7 heteroatoms. The average molecular weight is 340 g/mol. The minimum absolute atomic E-state index is 0.0566. The molecule has 1 aliphatic carbocycles. The van der Waals surface area contributed by atoms with Gasteiger partial charge in [-0.2, -0.15) is 0 Å². The third-order valence-electron chi connectivity index (χ3n) is 3.95. The quantitative estimate of drug-likeness (QED) is 0.919. The fraction of sp³-hybridized carbons (Fsp3) is 0.533. The van der Waals surface area contributed by atoms with Crippen LogP contribution in [0.3, 0.4) is 0 Å². The molecule has 0 amide bonds. The summed E-state index contributed by atoms with van der Waals surface area (Å²) in [5, 5.41) is 3.65. The summed E-state index contributed by atoms with van der Waals surface area (Å²) < 4.78 is 33.3. The maximum absolute atomic E-state index is 12.5. The summed E-state index contributed by atoms with van der Waals surface area (Å²) in [6.07, 6.45) is 9.28. The van der Waals surface area contributed by atoms with Gasteiger partial charge >= 0.3 is 0 Å². The normalized spacial score (nSPS) is 18.0. The summed E-state index contributed by atoms with van der Waals surface area (Å²) >= 11 is 1.21. The van der Waals surface area contributed by atoms with Crippen LogP contribution in [0.2, 0.25) is 0 Å². The molecular formula is C15H20N2O3S2. The Balaban J connectivity index is 1.72. The lowest BCUT2D eigenvalue weighted by molar-refractivity contribution is 0.427. The molecule has 2 aromatic rings. The molecule has 1 N–H and O–H groups in total. The van der Waals surface area contributed by atoms with Crippen molar-refractivity contribution in [3.05, 3.63) is 24.4 Å². The predicted molar refractivity (Wildman–Crippen MR) is 86.2 cm³/mol. The number of hydrogen-bond donors (Lipinski definition) is 1. The van der Waals surface area contributed by atoms with E-state index in [0.29, 0.717) is 9.97 Å². The summed E-state index contributed by atoms with van der Waals surface area (Å²) in [4.78, 5) is 0.774. The monoisotopic (exact) mass is 340 g/mol. The molecule has 1 fully saturated rings. The van der Waals surface area contributed by atoms with Gasteiger partial charge in [-0.3, -0.25) is 0 Å². The standard InChI is InChI=1S/C15H20N2O3S2/c18-22(19,17-12-6-4-2-1-3-5-7-12)15-9-8-14(21-15)13-10-11-16-20-13/h8-12,17H,1-7H2. The summed E-state index contributed by atoms with van der Waals surface area (Å²) in [5.74, 6) is 0.595. The van der Waals surface area contributed by atoms with E-state index in [-0.39, 0.29) is 6.04 Å². The van der Waals surface area contributed by atoms with Crippen LogP contribution in [0.5, 0.6) is 0 Å². The van der Waals surface area contributed by atoms with E-state index >= 15 is 0 Å². The van der Waals surface area contributed by atoms with Crippen molar-refractivity contribution in [3.63, 3.8) is 0 Å². The zero-order valence-corrected chi connectivity index (χ0v) is 14.0. The first kappa shape index (κ1) is 15.7. The average Bonchev–Trinajstić information content (AvgIpc) is 3.11. The fourth-order valence-corrected chi connectivity index (χ4v) is 5.38. The van der Waals surface area contributed by atoms with E-state index in [1.54, 1.807) is 24.4 Å². The number of nitrogens with zero attached hydrogens (tertiary/aromatic N) is 1. The van der Waals surface area contributed by atoms with Crippen molar-refractivity contribution in [1.82, 2.24) is 9.88 Å². The van der Waals surface area contributed by atoms with Crippen LogP contribution in [0.1, 0.15) is 44.9 Å². The van der Waals surface area contributed by atoms with Crippen molar-refractivity contribution < 1.29 is 12.9 Å². The summed E-state index contributed by atoms with van der Waals surface area (Å²) in [5.41, 5.74) is 0. The van der Waals surface area contributed by atoms with E-state index in [0.717, 1.165) is 30.6 Å². The second-order valence-corrected chi connectivity index (χ2v) is 8.68. The number of thiophene rings is 1. The van der Waals surface area contributed by atoms with Gasteiger partial charge in [0.05, 0.1) is 11.1 Å². The van der Waals surface area contributed by atoms with Gasteiger partial charge in [-0.05, 0) is 25.0 Å². The third kappa shape index (κ3) is 3.77. The molecule has 0 spiro atoms. The third-order valence-corrected chi connectivity index (χ3v) is 7.07. The first-order chi connectivity index (χ1) is 10.6. The van der Waals surface area contributed by atoms with E-state index in [1.807, 2.05) is 0 Å². The molecule has 22 heavy (non-hydrogen) atoms. The molecule has 1 saturated carbocycles. The van der Waals surface area contributed by atoms with Crippen LogP contribution in [0.4, 0.5) is 0 Å². The lowest BCUT2D eigenvalue weighted by Crippen LogP contribution is -2.34. The summed E-state index contributed by atoms with van der Waals surface area (Å²) in [7, 11) is -3.45. The maximum atomic E-state index is 12.5. The number of nitrogens with one attached hydrogen (secondary N) is 1. The van der Waals surface area contributed by atoms with Gasteiger partial charge in [-0.1, -0.05) is 37.3 Å². The largest absolute Gasteiger partial charge is 0.355 e. The minimum Gasteiger partial charge on any atom is -0.355 e. The van der Waals surface area contributed by atoms with E-state index in [2.05, 4.69) is 9.88 Å². The molecule has 3 rings (SSSR count). The van der Waals surface area contributed by atoms with Crippen molar-refractivity contribution in [3.8, 4) is 10.6 Å². The van der Waals surface area contributed by atoms with Crippen LogP contribution in [-0.4, -0.2) is 19.6 Å². The van der Waals surface area contributed by atoms with E-state index in [9.17, 15) is 8.42 Å². The maximum Gasteiger partial charge on any atom is 0.250 e. The predicted octanol–water partition coefficient (Wildman–Crippen LogP) is 3.79. The first-order valence-corrected chi connectivity index (χ1v) is 9.98. The van der Waals surface area contributed by atoms with Crippen LogP contribution in [-0.2, 0) is 10.0 Å². The highest BCUT2D eigenvalue weighted by atomic mass is 32.2. The van der Waals surface area contributed by atoms with Gasteiger partial charge in [0.15, 0.2) is 5.76 Å². The number of rotatable bonds is 4. The highest BCUT2D eigenvalue weighted by Crippen LogP contribution is 2.31. The van der Waals surface area contributed by atoms with Gasteiger partial charge in [0.1, 0.15) is 4.21 Å². The number of aromatic nitrogens is 1. The molecule has 2 aromatic heterocycles. The molecular weight excluding hydrogens is 320 g/mol. The molecule has 0 aliphatic heterocycles.